The molecule has 0 aromatic carbocycles. The monoisotopic (exact) mass is 318 g/mol. The highest BCUT2D eigenvalue weighted by molar-refractivity contribution is 6.64. The quantitative estimate of drug-likeness (QED) is 0.248. The number of ether oxygens (including phenoxy) is 1. The van der Waals surface area contributed by atoms with E-state index in [0.29, 0.717) is 13.0 Å². The van der Waals surface area contributed by atoms with E-state index in [-0.39, 0.29) is 5.24 Å². The van der Waals surface area contributed by atoms with Crippen molar-refractivity contribution in [1.29, 1.82) is 0 Å². The highest BCUT2D eigenvalue weighted by Crippen LogP contribution is 2.12. The lowest BCUT2D eigenvalue weighted by atomic mass is 10.1. The Bertz CT molecular complexity index is 231. The normalized spacial score (nSPS) is 12.5. The zero-order valence-electron chi connectivity index (χ0n) is 14.2. The maximum absolute atomic E-state index is 11.0. The molecule has 0 saturated heterocycles. The second kappa shape index (κ2) is 16.3. The molecule has 0 radical (unpaired) electrons. The van der Waals surface area contributed by atoms with Crippen LogP contribution in [-0.4, -0.2) is 18.0 Å². The highest BCUT2D eigenvalue weighted by Gasteiger charge is 2.13. The van der Waals surface area contributed by atoms with Crippen LogP contribution in [0, 0.1) is 0 Å². The van der Waals surface area contributed by atoms with Crippen molar-refractivity contribution in [2.45, 2.75) is 103 Å². The molecule has 0 heterocycles. The molecule has 0 aromatic rings. The topological polar surface area (TPSA) is 26.3 Å². The SMILES string of the molecule is CCCCCCCCCCCCCCOC(CC)C(=O)Cl. The van der Waals surface area contributed by atoms with Crippen LogP contribution < -0.4 is 0 Å². The molecule has 1 atom stereocenters. The van der Waals surface area contributed by atoms with E-state index >= 15 is 0 Å². The smallest absolute Gasteiger partial charge is 0.250 e. The average Bonchev–Trinajstić information content (AvgIpc) is 2.47. The van der Waals surface area contributed by atoms with E-state index in [2.05, 4.69) is 6.92 Å². The van der Waals surface area contributed by atoms with Gasteiger partial charge in [0.1, 0.15) is 6.10 Å². The van der Waals surface area contributed by atoms with E-state index < -0.39 is 6.10 Å². The standard InChI is InChI=1S/C18H35ClO2/c1-3-5-6-7-8-9-10-11-12-13-14-15-16-21-17(4-2)18(19)20/h17H,3-16H2,1-2H3. The van der Waals surface area contributed by atoms with Gasteiger partial charge in [-0.2, -0.15) is 0 Å². The largest absolute Gasteiger partial charge is 0.369 e. The number of unbranched alkanes of at least 4 members (excludes halogenated alkanes) is 11. The number of carbonyl (C=O) groups is 1. The number of halogens is 1. The molecule has 0 aromatic heterocycles. The minimum atomic E-state index is -0.403. The fraction of sp³-hybridized carbons (Fsp3) is 0.944. The summed E-state index contributed by atoms with van der Waals surface area (Å²) in [7, 11) is 0. The van der Waals surface area contributed by atoms with Gasteiger partial charge in [0.25, 0.3) is 0 Å². The molecule has 0 bridgehead atoms. The summed E-state index contributed by atoms with van der Waals surface area (Å²) in [5, 5.41) is -0.364. The molecule has 1 unspecified atom stereocenters. The molecule has 0 N–H and O–H groups in total. The molecule has 0 saturated carbocycles. The Kier molecular flexibility index (Phi) is 16.2. The van der Waals surface area contributed by atoms with Gasteiger partial charge in [-0.15, -0.1) is 0 Å². The van der Waals surface area contributed by atoms with Crippen LogP contribution in [-0.2, 0) is 9.53 Å². The van der Waals surface area contributed by atoms with Crippen LogP contribution in [0.25, 0.3) is 0 Å². The van der Waals surface area contributed by atoms with Gasteiger partial charge < -0.3 is 4.74 Å². The van der Waals surface area contributed by atoms with Crippen molar-refractivity contribution in [3.8, 4) is 0 Å². The molecule has 126 valence electrons. The summed E-state index contributed by atoms with van der Waals surface area (Å²) in [4.78, 5) is 11.0. The predicted octanol–water partition coefficient (Wildman–Crippen LogP) is 6.25. The number of hydrogen-bond donors (Lipinski definition) is 0. The van der Waals surface area contributed by atoms with E-state index in [1.54, 1.807) is 0 Å². The number of carbonyl (C=O) groups excluding carboxylic acids is 1. The molecule has 0 aliphatic heterocycles. The van der Waals surface area contributed by atoms with Crippen molar-refractivity contribution in [2.24, 2.45) is 0 Å². The van der Waals surface area contributed by atoms with Gasteiger partial charge in [-0.05, 0) is 24.4 Å². The summed E-state index contributed by atoms with van der Waals surface area (Å²) < 4.78 is 5.46. The van der Waals surface area contributed by atoms with Crippen LogP contribution in [0.3, 0.4) is 0 Å². The molecule has 21 heavy (non-hydrogen) atoms. The second-order valence-electron chi connectivity index (χ2n) is 5.96. The third-order valence-corrected chi connectivity index (χ3v) is 4.18. The number of rotatable bonds is 16. The Morgan fingerprint density at radius 1 is 0.810 bits per heavy atom. The molecule has 0 aliphatic rings. The lowest BCUT2D eigenvalue weighted by molar-refractivity contribution is -0.122. The van der Waals surface area contributed by atoms with Crippen molar-refractivity contribution in [3.05, 3.63) is 0 Å². The Morgan fingerprint density at radius 2 is 1.24 bits per heavy atom. The summed E-state index contributed by atoms with van der Waals surface area (Å²) in [6, 6.07) is 0. The third kappa shape index (κ3) is 14.6. The van der Waals surface area contributed by atoms with Gasteiger partial charge >= 0.3 is 0 Å². The first-order chi connectivity index (χ1) is 10.2. The molecule has 0 fully saturated rings. The molecule has 0 rings (SSSR count). The Balaban J connectivity index is 3.14. The summed E-state index contributed by atoms with van der Waals surface area (Å²) in [5.41, 5.74) is 0. The van der Waals surface area contributed by atoms with Gasteiger partial charge in [-0.3, -0.25) is 4.79 Å². The lowest BCUT2D eigenvalue weighted by Crippen LogP contribution is -2.19. The van der Waals surface area contributed by atoms with Gasteiger partial charge in [0, 0.05) is 6.61 Å². The van der Waals surface area contributed by atoms with Crippen molar-refractivity contribution in [3.63, 3.8) is 0 Å². The Hall–Kier alpha value is -0.0800. The zero-order chi connectivity index (χ0) is 15.8. The molecule has 2 nitrogen and oxygen atoms in total. The van der Waals surface area contributed by atoms with Gasteiger partial charge in [0.2, 0.25) is 5.24 Å². The molecule has 3 heteroatoms. The fourth-order valence-electron chi connectivity index (χ4n) is 2.51. The lowest BCUT2D eigenvalue weighted by Gasteiger charge is -2.11. The fourth-order valence-corrected chi connectivity index (χ4v) is 2.73. The first-order valence-electron chi connectivity index (χ1n) is 9.03. The van der Waals surface area contributed by atoms with Gasteiger partial charge in [-0.1, -0.05) is 84.5 Å². The second-order valence-corrected chi connectivity index (χ2v) is 6.33. The van der Waals surface area contributed by atoms with Crippen molar-refractivity contribution in [2.75, 3.05) is 6.61 Å². The molecular formula is C18H35ClO2. The highest BCUT2D eigenvalue weighted by atomic mass is 35.5. The van der Waals surface area contributed by atoms with Crippen molar-refractivity contribution in [1.82, 2.24) is 0 Å². The Labute approximate surface area is 137 Å². The first kappa shape index (κ1) is 20.9. The third-order valence-electron chi connectivity index (χ3n) is 3.94. The Morgan fingerprint density at radius 3 is 1.62 bits per heavy atom. The van der Waals surface area contributed by atoms with Crippen molar-refractivity contribution >= 4 is 16.8 Å². The minimum Gasteiger partial charge on any atom is -0.369 e. The van der Waals surface area contributed by atoms with Crippen LogP contribution in [0.4, 0.5) is 0 Å². The maximum atomic E-state index is 11.0. The maximum Gasteiger partial charge on any atom is 0.250 e. The summed E-state index contributed by atoms with van der Waals surface area (Å²) in [6.07, 6.45) is 16.3. The summed E-state index contributed by atoms with van der Waals surface area (Å²) >= 11 is 5.43. The predicted molar refractivity (Wildman–Crippen MR) is 92.0 cm³/mol. The summed E-state index contributed by atoms with van der Waals surface area (Å²) in [5.74, 6) is 0. The zero-order valence-corrected chi connectivity index (χ0v) is 14.9. The van der Waals surface area contributed by atoms with Gasteiger partial charge in [0.05, 0.1) is 0 Å². The van der Waals surface area contributed by atoms with E-state index in [1.807, 2.05) is 6.92 Å². The van der Waals surface area contributed by atoms with E-state index in [9.17, 15) is 4.79 Å². The van der Waals surface area contributed by atoms with E-state index in [1.165, 1.54) is 70.6 Å². The van der Waals surface area contributed by atoms with Crippen LogP contribution >= 0.6 is 11.6 Å². The van der Waals surface area contributed by atoms with Crippen LogP contribution in [0.5, 0.6) is 0 Å². The summed E-state index contributed by atoms with van der Waals surface area (Å²) in [6.45, 7) is 4.85. The van der Waals surface area contributed by atoms with E-state index in [0.717, 1.165) is 6.42 Å². The number of hydrogen-bond acceptors (Lipinski definition) is 2. The van der Waals surface area contributed by atoms with Gasteiger partial charge in [-0.25, -0.2) is 0 Å². The van der Waals surface area contributed by atoms with Crippen LogP contribution in [0.1, 0.15) is 97.3 Å². The molecular weight excluding hydrogens is 284 g/mol. The average molecular weight is 319 g/mol. The van der Waals surface area contributed by atoms with Crippen LogP contribution in [0.15, 0.2) is 0 Å². The van der Waals surface area contributed by atoms with Gasteiger partial charge in [0.15, 0.2) is 0 Å². The molecule has 0 spiro atoms. The first-order valence-corrected chi connectivity index (χ1v) is 9.41. The van der Waals surface area contributed by atoms with E-state index in [4.69, 9.17) is 16.3 Å². The van der Waals surface area contributed by atoms with Crippen LogP contribution in [0.2, 0.25) is 0 Å². The minimum absolute atomic E-state index is 0.364. The molecule has 0 amide bonds. The van der Waals surface area contributed by atoms with Crippen molar-refractivity contribution < 1.29 is 9.53 Å². The molecule has 0 aliphatic carbocycles.